The van der Waals surface area contributed by atoms with Gasteiger partial charge in [0.1, 0.15) is 0 Å². The Morgan fingerprint density at radius 2 is 2.18 bits per heavy atom. The van der Waals surface area contributed by atoms with Crippen LogP contribution in [-0.4, -0.2) is 40.0 Å². The average Bonchev–Trinajstić information content (AvgIpc) is 2.33. The Hall–Kier alpha value is -1.26. The minimum atomic E-state index is -0.454. The number of likely N-dealkylation sites (tertiary alicyclic amines) is 1. The molecule has 2 heterocycles. The number of Topliss-reactive ketones (excluding diaryl/α,β-unsaturated/α-hetero) is 1. The fraction of sp³-hybridized carbons (Fsp3) is 0.462. The summed E-state index contributed by atoms with van der Waals surface area (Å²) in [6.45, 7) is 7.68. The highest BCUT2D eigenvalue weighted by molar-refractivity contribution is 5.98. The molecule has 0 saturated carbocycles. The molecule has 0 atom stereocenters. The molecule has 4 nitrogen and oxygen atoms in total. The van der Waals surface area contributed by atoms with Crippen LogP contribution in [0.1, 0.15) is 28.9 Å². The first-order valence-electron chi connectivity index (χ1n) is 5.80. The average molecular weight is 232 g/mol. The van der Waals surface area contributed by atoms with Gasteiger partial charge in [0.15, 0.2) is 5.78 Å². The van der Waals surface area contributed by atoms with Gasteiger partial charge in [-0.3, -0.25) is 14.7 Å². The maximum absolute atomic E-state index is 10.9. The number of pyridine rings is 1. The van der Waals surface area contributed by atoms with E-state index < -0.39 is 5.78 Å². The largest absolute Gasteiger partial charge is 0.393 e. The molecule has 4 heteroatoms. The van der Waals surface area contributed by atoms with Crippen LogP contribution < -0.4 is 0 Å². The summed E-state index contributed by atoms with van der Waals surface area (Å²) in [4.78, 5) is 17.3. The van der Waals surface area contributed by atoms with Crippen LogP contribution in [-0.2, 0) is 6.54 Å². The first-order chi connectivity index (χ1) is 8.15. The van der Waals surface area contributed by atoms with Gasteiger partial charge in [0, 0.05) is 38.3 Å². The Labute approximate surface area is 101 Å². The standard InChI is InChI=1S/C13H16N2O2/c1-10(16)11-2-3-12(14-8-11)9-15-6-4-13(17)5-7-15/h1-3,8,13,17H,4-7,9H2. The summed E-state index contributed by atoms with van der Waals surface area (Å²) in [7, 11) is 0. The van der Waals surface area contributed by atoms with Crippen molar-refractivity contribution in [3.05, 3.63) is 36.5 Å². The van der Waals surface area contributed by atoms with E-state index in [0.29, 0.717) is 5.56 Å². The number of carbonyl (C=O) groups excluding carboxylic acids is 1. The number of aromatic nitrogens is 1. The highest BCUT2D eigenvalue weighted by Crippen LogP contribution is 2.12. The molecule has 1 aliphatic heterocycles. The normalized spacial score (nSPS) is 18.2. The lowest BCUT2D eigenvalue weighted by atomic mass is 10.1. The maximum atomic E-state index is 10.9. The molecule has 0 aromatic carbocycles. The van der Waals surface area contributed by atoms with E-state index in [4.69, 9.17) is 6.92 Å². The second kappa shape index (κ2) is 5.38. The molecule has 1 aromatic rings. The van der Waals surface area contributed by atoms with Gasteiger partial charge in [0.2, 0.25) is 0 Å². The molecule has 90 valence electrons. The van der Waals surface area contributed by atoms with Crippen LogP contribution in [0.2, 0.25) is 0 Å². The lowest BCUT2D eigenvalue weighted by molar-refractivity contribution is 0.0786. The molecule has 0 unspecified atom stereocenters. The van der Waals surface area contributed by atoms with Crippen LogP contribution in [0.25, 0.3) is 0 Å². The molecule has 1 aromatic heterocycles. The van der Waals surface area contributed by atoms with Crippen molar-refractivity contribution < 1.29 is 9.90 Å². The molecule has 1 saturated heterocycles. The third-order valence-corrected chi connectivity index (χ3v) is 3.05. The number of piperidine rings is 1. The van der Waals surface area contributed by atoms with Crippen molar-refractivity contribution in [3.63, 3.8) is 0 Å². The van der Waals surface area contributed by atoms with Gasteiger partial charge in [0.05, 0.1) is 11.8 Å². The number of rotatable bonds is 3. The van der Waals surface area contributed by atoms with E-state index in [2.05, 4.69) is 9.88 Å². The summed E-state index contributed by atoms with van der Waals surface area (Å²) < 4.78 is 0. The van der Waals surface area contributed by atoms with Crippen LogP contribution in [0, 0.1) is 6.92 Å². The Morgan fingerprint density at radius 3 is 2.71 bits per heavy atom. The molecule has 17 heavy (non-hydrogen) atoms. The quantitative estimate of drug-likeness (QED) is 0.788. The lowest BCUT2D eigenvalue weighted by Crippen LogP contribution is -2.35. The van der Waals surface area contributed by atoms with Crippen molar-refractivity contribution in [2.45, 2.75) is 25.5 Å². The first kappa shape index (κ1) is 12.2. The molecule has 0 spiro atoms. The fourth-order valence-corrected chi connectivity index (χ4v) is 1.97. The van der Waals surface area contributed by atoms with Gasteiger partial charge < -0.3 is 5.11 Å². The van der Waals surface area contributed by atoms with E-state index in [0.717, 1.165) is 38.2 Å². The first-order valence-corrected chi connectivity index (χ1v) is 5.80. The van der Waals surface area contributed by atoms with Crippen LogP contribution >= 0.6 is 0 Å². The van der Waals surface area contributed by atoms with Crippen molar-refractivity contribution in [1.82, 2.24) is 9.88 Å². The highest BCUT2D eigenvalue weighted by Gasteiger charge is 2.17. The van der Waals surface area contributed by atoms with Gasteiger partial charge >= 0.3 is 0 Å². The van der Waals surface area contributed by atoms with E-state index in [-0.39, 0.29) is 6.10 Å². The number of hydrogen-bond donors (Lipinski definition) is 1. The molecule has 2 rings (SSSR count). The van der Waals surface area contributed by atoms with Crippen molar-refractivity contribution >= 4 is 5.78 Å². The van der Waals surface area contributed by atoms with Crippen LogP contribution in [0.5, 0.6) is 0 Å². The molecular formula is C13H16N2O2. The lowest BCUT2D eigenvalue weighted by Gasteiger charge is -2.29. The number of aliphatic hydroxyl groups excluding tert-OH is 1. The monoisotopic (exact) mass is 232 g/mol. The second-order valence-electron chi connectivity index (χ2n) is 4.41. The summed E-state index contributed by atoms with van der Waals surface area (Å²) in [6.07, 6.45) is 2.99. The Morgan fingerprint density at radius 1 is 1.47 bits per heavy atom. The van der Waals surface area contributed by atoms with Gasteiger partial charge in [-0.2, -0.15) is 0 Å². The van der Waals surface area contributed by atoms with Crippen molar-refractivity contribution in [3.8, 4) is 0 Å². The zero-order valence-electron chi connectivity index (χ0n) is 9.67. The number of nitrogens with zero attached hydrogens (tertiary/aromatic N) is 2. The minimum Gasteiger partial charge on any atom is -0.393 e. The third kappa shape index (κ3) is 3.35. The molecule has 2 radical (unpaired) electrons. The number of hydrogen-bond acceptors (Lipinski definition) is 4. The summed E-state index contributed by atoms with van der Waals surface area (Å²) in [5.74, 6) is -0.454. The smallest absolute Gasteiger partial charge is 0.169 e. The van der Waals surface area contributed by atoms with Crippen molar-refractivity contribution in [2.75, 3.05) is 13.1 Å². The van der Waals surface area contributed by atoms with Crippen molar-refractivity contribution in [2.24, 2.45) is 0 Å². The summed E-state index contributed by atoms with van der Waals surface area (Å²) >= 11 is 0. The van der Waals surface area contributed by atoms with Gasteiger partial charge in [-0.15, -0.1) is 0 Å². The van der Waals surface area contributed by atoms with E-state index in [1.807, 2.05) is 6.07 Å². The molecule has 0 bridgehead atoms. The predicted octanol–water partition coefficient (Wildman–Crippen LogP) is 0.932. The predicted molar refractivity (Wildman–Crippen MR) is 63.4 cm³/mol. The van der Waals surface area contributed by atoms with Crippen LogP contribution in [0.3, 0.4) is 0 Å². The van der Waals surface area contributed by atoms with Crippen molar-refractivity contribution in [1.29, 1.82) is 0 Å². The number of aliphatic hydroxyl groups is 1. The molecule has 0 amide bonds. The Balaban J connectivity index is 1.92. The van der Waals surface area contributed by atoms with Gasteiger partial charge in [0.25, 0.3) is 0 Å². The summed E-state index contributed by atoms with van der Waals surface area (Å²) in [5.41, 5.74) is 1.36. The summed E-state index contributed by atoms with van der Waals surface area (Å²) in [5, 5.41) is 9.40. The van der Waals surface area contributed by atoms with Gasteiger partial charge in [-0.25, -0.2) is 0 Å². The third-order valence-electron chi connectivity index (χ3n) is 3.05. The zero-order chi connectivity index (χ0) is 12.3. The molecule has 1 aliphatic rings. The highest BCUT2D eigenvalue weighted by atomic mass is 16.3. The fourth-order valence-electron chi connectivity index (χ4n) is 1.97. The van der Waals surface area contributed by atoms with E-state index in [1.165, 1.54) is 6.20 Å². The van der Waals surface area contributed by atoms with Crippen LogP contribution in [0.15, 0.2) is 18.3 Å². The number of carbonyl (C=O) groups is 1. The van der Waals surface area contributed by atoms with Crippen LogP contribution in [0.4, 0.5) is 0 Å². The topological polar surface area (TPSA) is 53.4 Å². The van der Waals surface area contributed by atoms with Gasteiger partial charge in [-0.05, 0) is 25.0 Å². The SMILES string of the molecule is [CH]C(=O)c1ccc(CN2CCC(O)CC2)nc1. The molecule has 1 fully saturated rings. The second-order valence-corrected chi connectivity index (χ2v) is 4.41. The maximum Gasteiger partial charge on any atom is 0.169 e. The Bertz CT molecular complexity index is 381. The zero-order valence-corrected chi connectivity index (χ0v) is 9.67. The van der Waals surface area contributed by atoms with E-state index in [9.17, 15) is 9.90 Å². The molecule has 1 N–H and O–H groups in total. The minimum absolute atomic E-state index is 0.156. The van der Waals surface area contributed by atoms with Gasteiger partial charge in [-0.1, -0.05) is 0 Å². The number of ketones is 1. The van der Waals surface area contributed by atoms with E-state index >= 15 is 0 Å². The molecule has 0 aliphatic carbocycles. The Kier molecular flexibility index (Phi) is 3.86. The summed E-state index contributed by atoms with van der Waals surface area (Å²) in [6, 6.07) is 3.52. The van der Waals surface area contributed by atoms with E-state index in [1.54, 1.807) is 6.07 Å². The molecular weight excluding hydrogens is 216 g/mol.